The number of sulfone groups is 1. The second-order valence-electron chi connectivity index (χ2n) is 6.08. The number of aromatic nitrogens is 1. The third kappa shape index (κ3) is 3.66. The fourth-order valence-corrected chi connectivity index (χ4v) is 3.58. The van der Waals surface area contributed by atoms with Crippen molar-refractivity contribution < 1.29 is 12.8 Å². The van der Waals surface area contributed by atoms with Crippen LogP contribution in [-0.4, -0.2) is 19.2 Å². The quantitative estimate of drug-likeness (QED) is 0.667. The van der Waals surface area contributed by atoms with Crippen molar-refractivity contribution in [1.82, 2.24) is 4.57 Å². The molecule has 3 rings (SSSR count). The standard InChI is InChI=1S/C20H20FNO2S/c1-3-4-15-13-14-22(20(15)16-5-7-17(21)8-6-16)18-9-11-19(12-10-18)25(2,23)24/h5-14H,3-4H2,1-2H3. The van der Waals surface area contributed by atoms with Gasteiger partial charge in [0.05, 0.1) is 10.6 Å². The van der Waals surface area contributed by atoms with Gasteiger partial charge in [0.1, 0.15) is 5.82 Å². The van der Waals surface area contributed by atoms with Crippen LogP contribution in [0, 0.1) is 5.82 Å². The largest absolute Gasteiger partial charge is 0.316 e. The highest BCUT2D eigenvalue weighted by atomic mass is 32.2. The summed E-state index contributed by atoms with van der Waals surface area (Å²) in [6, 6.07) is 15.3. The normalized spacial score (nSPS) is 11.6. The first-order valence-corrected chi connectivity index (χ1v) is 10.1. The molecule has 0 bridgehead atoms. The lowest BCUT2D eigenvalue weighted by molar-refractivity contribution is 0.602. The van der Waals surface area contributed by atoms with Crippen LogP contribution in [0.15, 0.2) is 65.7 Å². The summed E-state index contributed by atoms with van der Waals surface area (Å²) >= 11 is 0. The highest BCUT2D eigenvalue weighted by molar-refractivity contribution is 7.90. The Morgan fingerprint density at radius 1 is 0.960 bits per heavy atom. The molecule has 0 N–H and O–H groups in total. The van der Waals surface area contributed by atoms with Crippen molar-refractivity contribution in [2.24, 2.45) is 0 Å². The molecule has 3 nitrogen and oxygen atoms in total. The highest BCUT2D eigenvalue weighted by Gasteiger charge is 2.13. The van der Waals surface area contributed by atoms with Crippen molar-refractivity contribution in [3.63, 3.8) is 0 Å². The van der Waals surface area contributed by atoms with Gasteiger partial charge in [0.15, 0.2) is 9.84 Å². The highest BCUT2D eigenvalue weighted by Crippen LogP contribution is 2.29. The SMILES string of the molecule is CCCc1ccn(-c2ccc(S(C)(=O)=O)cc2)c1-c1ccc(F)cc1. The molecule has 0 amide bonds. The van der Waals surface area contributed by atoms with Gasteiger partial charge in [-0.15, -0.1) is 0 Å². The molecule has 0 atom stereocenters. The smallest absolute Gasteiger partial charge is 0.175 e. The zero-order valence-electron chi connectivity index (χ0n) is 14.2. The molecule has 0 aliphatic carbocycles. The average Bonchev–Trinajstić information content (AvgIpc) is 2.99. The fraction of sp³-hybridized carbons (Fsp3) is 0.200. The van der Waals surface area contributed by atoms with E-state index in [2.05, 4.69) is 13.0 Å². The Labute approximate surface area is 147 Å². The molecule has 0 saturated carbocycles. The average molecular weight is 357 g/mol. The van der Waals surface area contributed by atoms with Crippen molar-refractivity contribution in [2.45, 2.75) is 24.7 Å². The van der Waals surface area contributed by atoms with Crippen molar-refractivity contribution >= 4 is 9.84 Å². The van der Waals surface area contributed by atoms with Crippen LogP contribution in [0.25, 0.3) is 16.9 Å². The first-order valence-electron chi connectivity index (χ1n) is 8.17. The predicted molar refractivity (Wildman–Crippen MR) is 98.3 cm³/mol. The molecule has 25 heavy (non-hydrogen) atoms. The van der Waals surface area contributed by atoms with Gasteiger partial charge in [-0.05, 0) is 72.1 Å². The fourth-order valence-electron chi connectivity index (χ4n) is 2.95. The van der Waals surface area contributed by atoms with Crippen molar-refractivity contribution in [3.05, 3.63) is 72.2 Å². The second kappa shape index (κ2) is 6.84. The summed E-state index contributed by atoms with van der Waals surface area (Å²) in [5.74, 6) is -0.267. The summed E-state index contributed by atoms with van der Waals surface area (Å²) < 4.78 is 38.6. The number of hydrogen-bond donors (Lipinski definition) is 0. The lowest BCUT2D eigenvalue weighted by atomic mass is 10.0. The van der Waals surface area contributed by atoms with Gasteiger partial charge in [-0.1, -0.05) is 13.3 Å². The van der Waals surface area contributed by atoms with Crippen LogP contribution in [0.4, 0.5) is 4.39 Å². The summed E-state index contributed by atoms with van der Waals surface area (Å²) in [6.07, 6.45) is 5.09. The van der Waals surface area contributed by atoms with E-state index in [0.29, 0.717) is 4.90 Å². The number of nitrogens with zero attached hydrogens (tertiary/aromatic N) is 1. The van der Waals surface area contributed by atoms with Crippen molar-refractivity contribution in [3.8, 4) is 16.9 Å². The van der Waals surface area contributed by atoms with Crippen LogP contribution in [0.1, 0.15) is 18.9 Å². The third-order valence-electron chi connectivity index (χ3n) is 4.15. The van der Waals surface area contributed by atoms with Crippen LogP contribution in [0.5, 0.6) is 0 Å². The maximum atomic E-state index is 13.3. The number of benzene rings is 2. The Kier molecular flexibility index (Phi) is 4.77. The van der Waals surface area contributed by atoms with Crippen molar-refractivity contribution in [2.75, 3.05) is 6.26 Å². The molecule has 0 saturated heterocycles. The molecular formula is C20H20FNO2S. The molecule has 0 aliphatic rings. The van der Waals surface area contributed by atoms with Gasteiger partial charge in [-0.2, -0.15) is 0 Å². The van der Waals surface area contributed by atoms with E-state index < -0.39 is 9.84 Å². The molecule has 130 valence electrons. The van der Waals surface area contributed by atoms with E-state index in [1.165, 1.54) is 24.0 Å². The maximum Gasteiger partial charge on any atom is 0.175 e. The summed E-state index contributed by atoms with van der Waals surface area (Å²) in [5.41, 5.74) is 3.99. The van der Waals surface area contributed by atoms with Gasteiger partial charge in [0.2, 0.25) is 0 Å². The summed E-state index contributed by atoms with van der Waals surface area (Å²) in [7, 11) is -3.22. The summed E-state index contributed by atoms with van der Waals surface area (Å²) in [5, 5.41) is 0. The first-order chi connectivity index (χ1) is 11.9. The minimum atomic E-state index is -3.22. The van der Waals surface area contributed by atoms with Crippen LogP contribution in [0.2, 0.25) is 0 Å². The summed E-state index contributed by atoms with van der Waals surface area (Å²) in [4.78, 5) is 0.292. The lowest BCUT2D eigenvalue weighted by Crippen LogP contribution is -2.00. The molecule has 1 aromatic heterocycles. The van der Waals surface area contributed by atoms with E-state index in [1.807, 2.05) is 10.8 Å². The maximum absolute atomic E-state index is 13.3. The van der Waals surface area contributed by atoms with Gasteiger partial charge >= 0.3 is 0 Å². The molecule has 0 radical (unpaired) electrons. The minimum Gasteiger partial charge on any atom is -0.316 e. The Bertz CT molecular complexity index is 972. The van der Waals surface area contributed by atoms with Crippen LogP contribution < -0.4 is 0 Å². The number of hydrogen-bond acceptors (Lipinski definition) is 2. The molecule has 0 fully saturated rings. The van der Waals surface area contributed by atoms with Crippen LogP contribution in [0.3, 0.4) is 0 Å². The van der Waals surface area contributed by atoms with Gasteiger partial charge < -0.3 is 4.57 Å². The molecule has 0 aliphatic heterocycles. The number of rotatable bonds is 5. The monoisotopic (exact) mass is 357 g/mol. The van der Waals surface area contributed by atoms with E-state index in [9.17, 15) is 12.8 Å². The molecule has 1 heterocycles. The van der Waals surface area contributed by atoms with Gasteiger partial charge in [0.25, 0.3) is 0 Å². The van der Waals surface area contributed by atoms with Crippen LogP contribution >= 0.6 is 0 Å². The second-order valence-corrected chi connectivity index (χ2v) is 8.10. The number of halogens is 1. The minimum absolute atomic E-state index is 0.267. The van der Waals surface area contributed by atoms with E-state index in [1.54, 1.807) is 36.4 Å². The van der Waals surface area contributed by atoms with Gasteiger partial charge in [-0.25, -0.2) is 12.8 Å². The topological polar surface area (TPSA) is 39.1 Å². The van der Waals surface area contributed by atoms with E-state index in [4.69, 9.17) is 0 Å². The Morgan fingerprint density at radius 3 is 2.16 bits per heavy atom. The molecule has 0 unspecified atom stereocenters. The Balaban J connectivity index is 2.12. The zero-order chi connectivity index (χ0) is 18.0. The molecule has 2 aromatic carbocycles. The van der Waals surface area contributed by atoms with Gasteiger partial charge in [-0.3, -0.25) is 0 Å². The first kappa shape index (κ1) is 17.4. The zero-order valence-corrected chi connectivity index (χ0v) is 15.1. The predicted octanol–water partition coefficient (Wildman–Crippen LogP) is 4.64. The molecule has 5 heteroatoms. The van der Waals surface area contributed by atoms with E-state index >= 15 is 0 Å². The Morgan fingerprint density at radius 2 is 1.60 bits per heavy atom. The molecular weight excluding hydrogens is 337 g/mol. The van der Waals surface area contributed by atoms with Crippen LogP contribution in [-0.2, 0) is 16.3 Å². The lowest BCUT2D eigenvalue weighted by Gasteiger charge is -2.13. The Hall–Kier alpha value is -2.40. The van der Waals surface area contributed by atoms with E-state index in [0.717, 1.165) is 29.8 Å². The summed E-state index contributed by atoms with van der Waals surface area (Å²) in [6.45, 7) is 2.12. The molecule has 3 aromatic rings. The number of aryl methyl sites for hydroxylation is 1. The van der Waals surface area contributed by atoms with Gasteiger partial charge in [0, 0.05) is 18.1 Å². The van der Waals surface area contributed by atoms with E-state index in [-0.39, 0.29) is 5.82 Å². The third-order valence-corrected chi connectivity index (χ3v) is 5.28. The molecule has 0 spiro atoms. The van der Waals surface area contributed by atoms with Crippen molar-refractivity contribution in [1.29, 1.82) is 0 Å².